The van der Waals surface area contributed by atoms with E-state index < -0.39 is 0 Å². The highest BCUT2D eigenvalue weighted by Crippen LogP contribution is 2.37. The van der Waals surface area contributed by atoms with Crippen LogP contribution in [-0.2, 0) is 14.2 Å². The van der Waals surface area contributed by atoms with Gasteiger partial charge < -0.3 is 42.6 Å². The van der Waals surface area contributed by atoms with Crippen LogP contribution in [0.4, 0.5) is 0 Å². The maximum Gasteiger partial charge on any atom is 0.172 e. The van der Waals surface area contributed by atoms with E-state index in [1.807, 2.05) is 50.5 Å². The Morgan fingerprint density at radius 3 is 1.46 bits per heavy atom. The van der Waals surface area contributed by atoms with Gasteiger partial charge in [-0.3, -0.25) is 0 Å². The van der Waals surface area contributed by atoms with Gasteiger partial charge in [-0.25, -0.2) is 0 Å². The van der Waals surface area contributed by atoms with Crippen molar-refractivity contribution in [1.29, 1.82) is 0 Å². The van der Waals surface area contributed by atoms with E-state index in [2.05, 4.69) is 46.8 Å². The van der Waals surface area contributed by atoms with Gasteiger partial charge in [-0.05, 0) is 43.6 Å². The Hall–Kier alpha value is -3.00. The molecule has 0 amide bonds. The van der Waals surface area contributed by atoms with E-state index in [1.165, 1.54) is 82.6 Å². The molecule has 0 aliphatic carbocycles. The third-order valence-corrected chi connectivity index (χ3v) is 13.1. The van der Waals surface area contributed by atoms with Crippen LogP contribution in [0.2, 0.25) is 0 Å². The molecule has 0 spiro atoms. The maximum atomic E-state index is 5.98. The molecule has 6 unspecified atom stereocenters. The van der Waals surface area contributed by atoms with E-state index in [0.717, 1.165) is 47.7 Å². The first-order valence-electron chi connectivity index (χ1n) is 22.9. The second-order valence-corrected chi connectivity index (χ2v) is 18.4. The van der Waals surface area contributed by atoms with Crippen LogP contribution in [0.1, 0.15) is 123 Å². The van der Waals surface area contributed by atoms with Gasteiger partial charge >= 0.3 is 0 Å². The van der Waals surface area contributed by atoms with Crippen LogP contribution >= 0.6 is 34.0 Å². The zero-order valence-corrected chi connectivity index (χ0v) is 39.8. The van der Waals surface area contributed by atoms with E-state index in [4.69, 9.17) is 42.6 Å². The lowest BCUT2D eigenvalue weighted by Gasteiger charge is -2.25. The first kappa shape index (κ1) is 49.0. The highest BCUT2D eigenvalue weighted by molar-refractivity contribution is 7.09. The lowest BCUT2D eigenvalue weighted by atomic mass is 9.96. The molecule has 1 aromatic carbocycles. The van der Waals surface area contributed by atoms with Gasteiger partial charge in [0.2, 0.25) is 0 Å². The molecule has 6 atom stereocenters. The third-order valence-electron chi connectivity index (χ3n) is 11.0. The molecule has 6 heterocycles. The van der Waals surface area contributed by atoms with E-state index in [1.54, 1.807) is 34.0 Å². The molecule has 0 fully saturated rings. The van der Waals surface area contributed by atoms with Gasteiger partial charge in [0.1, 0.15) is 19.8 Å². The summed E-state index contributed by atoms with van der Waals surface area (Å²) in [6.07, 6.45) is 15.6. The topological polar surface area (TPSA) is 83.1 Å². The van der Waals surface area contributed by atoms with Crippen molar-refractivity contribution in [3.05, 3.63) is 68.2 Å². The summed E-state index contributed by atoms with van der Waals surface area (Å²) >= 11 is 4.81. The molecule has 0 N–H and O–H groups in total. The molecule has 7 rings (SSSR count). The number of unbranched alkanes of at least 4 members (excludes halogenated alkanes) is 5. The van der Waals surface area contributed by atoms with Crippen LogP contribution in [0.5, 0.6) is 34.5 Å². The lowest BCUT2D eigenvalue weighted by molar-refractivity contribution is -0.0200. The molecule has 3 aromatic heterocycles. The number of benzene rings is 1. The second-order valence-electron chi connectivity index (χ2n) is 16.2. The molecule has 3 aliphatic rings. The van der Waals surface area contributed by atoms with Crippen LogP contribution in [0.3, 0.4) is 0 Å². The third kappa shape index (κ3) is 17.6. The number of thiophene rings is 3. The Bertz CT molecular complexity index is 1690. The number of fused-ring (bicyclic) bond motifs is 3. The standard InChI is InChI=1S/C19H32O3S.C15H16O3S.C15H24O3S/c1-3-5-7-8-10-16(9-6-4-2)11-20-12-17-13-21-18-14-23-15-19(18)22-17;1-11(12-5-3-2-4-6-12)16-7-13-8-17-14-9-19-10-15(14)18-13;1-3-5-6-12(4-2)7-16-8-13-9-17-14-10-19-11-15(14)18-13/h14-17H,3-13H2,1-2H3;2-6,9-11,13H,7-8H2,1H3;10-13H,3-9H2,1-2H3. The molecule has 4 aromatic rings. The fourth-order valence-corrected chi connectivity index (χ4v) is 9.21. The molecule has 340 valence electrons. The summed E-state index contributed by atoms with van der Waals surface area (Å²) in [5.41, 5.74) is 1.18. The molecule has 3 aliphatic heterocycles. The van der Waals surface area contributed by atoms with E-state index in [-0.39, 0.29) is 24.4 Å². The van der Waals surface area contributed by atoms with Crippen molar-refractivity contribution in [2.45, 2.75) is 136 Å². The smallest absolute Gasteiger partial charge is 0.172 e. The molecular formula is C49H72O9S3. The summed E-state index contributed by atoms with van der Waals surface area (Å²) in [6, 6.07) is 10.2. The van der Waals surface area contributed by atoms with Gasteiger partial charge in [0, 0.05) is 45.5 Å². The zero-order chi connectivity index (χ0) is 42.9. The molecular weight excluding hydrogens is 829 g/mol. The first-order chi connectivity index (χ1) is 30.0. The Labute approximate surface area is 378 Å². The van der Waals surface area contributed by atoms with E-state index in [9.17, 15) is 0 Å². The average molecular weight is 901 g/mol. The predicted octanol–water partition coefficient (Wildman–Crippen LogP) is 13.5. The SMILES string of the molecule is CC(OCC1COc2cscc2O1)c1ccccc1.CCCCC(CC)COCC1COc2cscc2O1.CCCCCCC(CCCC)COCC1COc2cscc2O1. The Morgan fingerprint density at radius 2 is 0.967 bits per heavy atom. The summed E-state index contributed by atoms with van der Waals surface area (Å²) in [5, 5.41) is 11.9. The van der Waals surface area contributed by atoms with Crippen molar-refractivity contribution >= 4 is 34.0 Å². The fraction of sp³-hybridized carbons (Fsp3) is 0.633. The van der Waals surface area contributed by atoms with Crippen molar-refractivity contribution in [3.8, 4) is 34.5 Å². The lowest BCUT2D eigenvalue weighted by Crippen LogP contribution is -2.33. The van der Waals surface area contributed by atoms with Crippen LogP contribution in [-0.4, -0.2) is 71.2 Å². The quantitative estimate of drug-likeness (QED) is 0.0638. The molecule has 0 saturated heterocycles. The summed E-state index contributed by atoms with van der Waals surface area (Å²) in [7, 11) is 0. The molecule has 61 heavy (non-hydrogen) atoms. The van der Waals surface area contributed by atoms with Gasteiger partial charge in [-0.1, -0.05) is 116 Å². The van der Waals surface area contributed by atoms with Gasteiger partial charge in [-0.2, -0.15) is 0 Å². The molecule has 9 nitrogen and oxygen atoms in total. The molecule has 0 saturated carbocycles. The first-order valence-corrected chi connectivity index (χ1v) is 25.7. The Balaban J connectivity index is 0.000000174. The highest BCUT2D eigenvalue weighted by atomic mass is 32.1. The van der Waals surface area contributed by atoms with Gasteiger partial charge in [-0.15, -0.1) is 34.0 Å². The number of hydrogen-bond donors (Lipinski definition) is 0. The Kier molecular flexibility index (Phi) is 23.0. The van der Waals surface area contributed by atoms with E-state index in [0.29, 0.717) is 51.5 Å². The second kappa shape index (κ2) is 28.6. The van der Waals surface area contributed by atoms with Crippen molar-refractivity contribution in [2.75, 3.05) is 52.9 Å². The van der Waals surface area contributed by atoms with Gasteiger partial charge in [0.25, 0.3) is 0 Å². The number of hydrogen-bond acceptors (Lipinski definition) is 12. The van der Waals surface area contributed by atoms with Crippen LogP contribution in [0.15, 0.2) is 62.6 Å². The van der Waals surface area contributed by atoms with Gasteiger partial charge in [0.05, 0.1) is 25.9 Å². The minimum Gasteiger partial charge on any atom is -0.485 e. The van der Waals surface area contributed by atoms with E-state index >= 15 is 0 Å². The summed E-state index contributed by atoms with van der Waals surface area (Å²) in [4.78, 5) is 0. The summed E-state index contributed by atoms with van der Waals surface area (Å²) < 4.78 is 52.2. The molecule has 0 bridgehead atoms. The average Bonchev–Trinajstić information content (AvgIpc) is 4.09. The maximum absolute atomic E-state index is 5.98. The summed E-state index contributed by atoms with van der Waals surface area (Å²) in [5.74, 6) is 6.54. The monoisotopic (exact) mass is 900 g/mol. The van der Waals surface area contributed by atoms with Crippen molar-refractivity contribution in [2.24, 2.45) is 11.8 Å². The van der Waals surface area contributed by atoms with Crippen LogP contribution < -0.4 is 28.4 Å². The van der Waals surface area contributed by atoms with Crippen LogP contribution in [0.25, 0.3) is 0 Å². The van der Waals surface area contributed by atoms with Crippen molar-refractivity contribution in [1.82, 2.24) is 0 Å². The molecule has 0 radical (unpaired) electrons. The zero-order valence-electron chi connectivity index (χ0n) is 37.4. The summed E-state index contributed by atoms with van der Waals surface area (Å²) in [6.45, 7) is 16.3. The normalized spacial score (nSPS) is 18.8. The largest absolute Gasteiger partial charge is 0.485 e. The Morgan fingerprint density at radius 1 is 0.525 bits per heavy atom. The minimum absolute atomic E-state index is 0.0315. The molecule has 12 heteroatoms. The minimum atomic E-state index is -0.0340. The predicted molar refractivity (Wildman–Crippen MR) is 250 cm³/mol. The highest BCUT2D eigenvalue weighted by Gasteiger charge is 2.25. The fourth-order valence-electron chi connectivity index (χ4n) is 7.20. The number of rotatable bonds is 24. The van der Waals surface area contributed by atoms with Crippen molar-refractivity contribution in [3.63, 3.8) is 0 Å². The number of ether oxygens (including phenoxy) is 9. The van der Waals surface area contributed by atoms with Gasteiger partial charge in [0.15, 0.2) is 52.8 Å². The van der Waals surface area contributed by atoms with Crippen molar-refractivity contribution < 1.29 is 42.6 Å². The van der Waals surface area contributed by atoms with Crippen LogP contribution in [0, 0.1) is 11.8 Å².